The lowest BCUT2D eigenvalue weighted by molar-refractivity contribution is 0.102. The average Bonchev–Trinajstić information content (AvgIpc) is 2.81. The number of hydrogen-bond donors (Lipinski definition) is 3. The summed E-state index contributed by atoms with van der Waals surface area (Å²) in [6, 6.07) is 20.4. The van der Waals surface area contributed by atoms with E-state index < -0.39 is 0 Å². The van der Waals surface area contributed by atoms with Gasteiger partial charge in [-0.3, -0.25) is 9.78 Å². The van der Waals surface area contributed by atoms with Gasteiger partial charge in [-0.25, -0.2) is 4.98 Å². The number of hydrogen-bond acceptors (Lipinski definition) is 7. The lowest BCUT2D eigenvalue weighted by atomic mass is 10.0. The molecule has 2 heterocycles. The highest BCUT2D eigenvalue weighted by Gasteiger charge is 2.15. The van der Waals surface area contributed by atoms with E-state index in [1.807, 2.05) is 42.5 Å². The van der Waals surface area contributed by atoms with Gasteiger partial charge in [-0.1, -0.05) is 42.5 Å². The number of benzene rings is 2. The van der Waals surface area contributed by atoms with Crippen LogP contribution in [0.4, 0.5) is 17.5 Å². The van der Waals surface area contributed by atoms with Crippen LogP contribution < -0.4 is 16.8 Å². The Bertz CT molecular complexity index is 1200. The standard InChI is InChI=1S/C24H22N6O2/c25-22-21(20(29-24(26)30-22)15-32-14-16-4-2-1-3-5-16)17-6-8-19(9-7-17)28-23(31)18-10-12-27-13-11-18/h1-13H,14-15H2,(H,28,31)(H4,25,26,29,30). The third kappa shape index (κ3) is 5.05. The van der Waals surface area contributed by atoms with Gasteiger partial charge in [-0.2, -0.15) is 4.98 Å². The smallest absolute Gasteiger partial charge is 0.255 e. The van der Waals surface area contributed by atoms with Crippen LogP contribution in [0.3, 0.4) is 0 Å². The molecule has 0 atom stereocenters. The molecule has 32 heavy (non-hydrogen) atoms. The van der Waals surface area contributed by atoms with Crippen molar-refractivity contribution < 1.29 is 9.53 Å². The van der Waals surface area contributed by atoms with Crippen LogP contribution in [0.25, 0.3) is 11.1 Å². The molecule has 1 amide bonds. The SMILES string of the molecule is Nc1nc(N)c(-c2ccc(NC(=O)c3ccncc3)cc2)c(COCc2ccccc2)n1. The first kappa shape index (κ1) is 21.0. The number of nitrogens with two attached hydrogens (primary N) is 2. The third-order valence-corrected chi connectivity index (χ3v) is 4.75. The highest BCUT2D eigenvalue weighted by atomic mass is 16.5. The molecule has 160 valence electrons. The van der Waals surface area contributed by atoms with E-state index >= 15 is 0 Å². The van der Waals surface area contributed by atoms with E-state index in [1.54, 1.807) is 36.7 Å². The van der Waals surface area contributed by atoms with Crippen molar-refractivity contribution >= 4 is 23.4 Å². The Balaban J connectivity index is 1.51. The van der Waals surface area contributed by atoms with Crippen LogP contribution in [0.2, 0.25) is 0 Å². The van der Waals surface area contributed by atoms with Gasteiger partial charge in [0.05, 0.1) is 18.9 Å². The minimum Gasteiger partial charge on any atom is -0.383 e. The van der Waals surface area contributed by atoms with Crippen LogP contribution in [0.15, 0.2) is 79.1 Å². The number of amides is 1. The second-order valence-corrected chi connectivity index (χ2v) is 7.03. The van der Waals surface area contributed by atoms with Gasteiger partial charge >= 0.3 is 0 Å². The monoisotopic (exact) mass is 426 g/mol. The number of ether oxygens (including phenoxy) is 1. The van der Waals surface area contributed by atoms with Gasteiger partial charge in [0.1, 0.15) is 5.82 Å². The summed E-state index contributed by atoms with van der Waals surface area (Å²) < 4.78 is 5.84. The van der Waals surface area contributed by atoms with Gasteiger partial charge in [0.25, 0.3) is 5.91 Å². The molecule has 0 spiro atoms. The molecule has 4 aromatic rings. The number of nitrogen functional groups attached to an aromatic ring is 2. The minimum absolute atomic E-state index is 0.0887. The summed E-state index contributed by atoms with van der Waals surface area (Å²) in [6.07, 6.45) is 3.15. The Morgan fingerprint density at radius 3 is 2.31 bits per heavy atom. The Morgan fingerprint density at radius 1 is 0.875 bits per heavy atom. The zero-order chi connectivity index (χ0) is 22.3. The maximum atomic E-state index is 12.3. The van der Waals surface area contributed by atoms with Crippen molar-refractivity contribution in [2.75, 3.05) is 16.8 Å². The van der Waals surface area contributed by atoms with E-state index in [0.29, 0.717) is 29.1 Å². The van der Waals surface area contributed by atoms with Crippen molar-refractivity contribution in [1.82, 2.24) is 15.0 Å². The topological polar surface area (TPSA) is 129 Å². The fraction of sp³-hybridized carbons (Fsp3) is 0.0833. The Kier molecular flexibility index (Phi) is 6.33. The molecule has 0 saturated carbocycles. The highest BCUT2D eigenvalue weighted by molar-refractivity contribution is 6.04. The van der Waals surface area contributed by atoms with E-state index in [1.165, 1.54) is 0 Å². The first-order valence-electron chi connectivity index (χ1n) is 9.95. The third-order valence-electron chi connectivity index (χ3n) is 4.75. The van der Waals surface area contributed by atoms with Crippen LogP contribution in [0.5, 0.6) is 0 Å². The van der Waals surface area contributed by atoms with Crippen LogP contribution in [0.1, 0.15) is 21.6 Å². The molecule has 0 saturated heterocycles. The predicted octanol–water partition coefficient (Wildman–Crippen LogP) is 3.67. The lowest BCUT2D eigenvalue weighted by Gasteiger charge is -2.13. The highest BCUT2D eigenvalue weighted by Crippen LogP contribution is 2.30. The molecule has 8 nitrogen and oxygen atoms in total. The second kappa shape index (κ2) is 9.67. The lowest BCUT2D eigenvalue weighted by Crippen LogP contribution is -2.11. The quantitative estimate of drug-likeness (QED) is 0.411. The van der Waals surface area contributed by atoms with Crippen molar-refractivity contribution in [1.29, 1.82) is 0 Å². The molecule has 0 aliphatic heterocycles. The van der Waals surface area contributed by atoms with Gasteiger partial charge in [-0.05, 0) is 35.4 Å². The zero-order valence-electron chi connectivity index (χ0n) is 17.2. The molecule has 0 fully saturated rings. The van der Waals surface area contributed by atoms with Gasteiger partial charge < -0.3 is 21.5 Å². The number of aromatic nitrogens is 3. The van der Waals surface area contributed by atoms with Crippen LogP contribution in [-0.4, -0.2) is 20.9 Å². The maximum absolute atomic E-state index is 12.3. The fourth-order valence-electron chi connectivity index (χ4n) is 3.23. The van der Waals surface area contributed by atoms with Gasteiger partial charge in [-0.15, -0.1) is 0 Å². The normalized spacial score (nSPS) is 10.6. The van der Waals surface area contributed by atoms with E-state index in [4.69, 9.17) is 16.2 Å². The Labute approximate surface area is 185 Å². The van der Waals surface area contributed by atoms with Gasteiger partial charge in [0, 0.05) is 29.2 Å². The van der Waals surface area contributed by atoms with Crippen LogP contribution in [-0.2, 0) is 18.0 Å². The number of pyridine rings is 1. The first-order chi connectivity index (χ1) is 15.6. The van der Waals surface area contributed by atoms with Gasteiger partial charge in [0.2, 0.25) is 5.95 Å². The van der Waals surface area contributed by atoms with Crippen molar-refractivity contribution in [3.05, 3.63) is 95.9 Å². The number of rotatable bonds is 7. The molecular weight excluding hydrogens is 404 g/mol. The Morgan fingerprint density at radius 2 is 1.59 bits per heavy atom. The molecule has 8 heteroatoms. The molecule has 0 radical (unpaired) electrons. The summed E-state index contributed by atoms with van der Waals surface area (Å²) in [6.45, 7) is 0.658. The fourth-order valence-corrected chi connectivity index (χ4v) is 3.23. The number of nitrogens with one attached hydrogen (secondary N) is 1. The molecule has 0 unspecified atom stereocenters. The van der Waals surface area contributed by atoms with Gasteiger partial charge in [0.15, 0.2) is 0 Å². The van der Waals surface area contributed by atoms with E-state index in [9.17, 15) is 4.79 Å². The molecule has 0 aliphatic rings. The number of carbonyl (C=O) groups is 1. The molecule has 0 aliphatic carbocycles. The summed E-state index contributed by atoms with van der Waals surface area (Å²) in [5.74, 6) is 0.140. The summed E-state index contributed by atoms with van der Waals surface area (Å²) in [5, 5.41) is 2.85. The number of nitrogens with zero attached hydrogens (tertiary/aromatic N) is 3. The predicted molar refractivity (Wildman–Crippen MR) is 123 cm³/mol. The average molecular weight is 426 g/mol. The van der Waals surface area contributed by atoms with E-state index in [-0.39, 0.29) is 24.3 Å². The minimum atomic E-state index is -0.217. The van der Waals surface area contributed by atoms with Crippen LogP contribution in [0, 0.1) is 0 Å². The second-order valence-electron chi connectivity index (χ2n) is 7.03. The maximum Gasteiger partial charge on any atom is 0.255 e. The largest absolute Gasteiger partial charge is 0.383 e. The number of anilines is 3. The summed E-state index contributed by atoms with van der Waals surface area (Å²) in [4.78, 5) is 24.7. The van der Waals surface area contributed by atoms with Crippen molar-refractivity contribution in [2.45, 2.75) is 13.2 Å². The van der Waals surface area contributed by atoms with E-state index in [0.717, 1.165) is 11.1 Å². The van der Waals surface area contributed by atoms with Crippen molar-refractivity contribution in [3.63, 3.8) is 0 Å². The first-order valence-corrected chi connectivity index (χ1v) is 9.95. The Hall–Kier alpha value is -4.30. The molecule has 2 aromatic carbocycles. The molecule has 5 N–H and O–H groups in total. The summed E-state index contributed by atoms with van der Waals surface area (Å²) in [7, 11) is 0. The molecular formula is C24H22N6O2. The molecule has 2 aromatic heterocycles. The summed E-state index contributed by atoms with van der Waals surface area (Å²) in [5.41, 5.74) is 16.3. The number of carbonyl (C=O) groups excluding carboxylic acids is 1. The summed E-state index contributed by atoms with van der Waals surface area (Å²) >= 11 is 0. The van der Waals surface area contributed by atoms with E-state index in [2.05, 4.69) is 20.3 Å². The molecule has 0 bridgehead atoms. The van der Waals surface area contributed by atoms with Crippen LogP contribution >= 0.6 is 0 Å². The molecule has 4 rings (SSSR count). The zero-order valence-corrected chi connectivity index (χ0v) is 17.2. The van der Waals surface area contributed by atoms with Crippen molar-refractivity contribution in [3.8, 4) is 11.1 Å². The van der Waals surface area contributed by atoms with Crippen molar-refractivity contribution in [2.24, 2.45) is 0 Å².